The Kier molecular flexibility index (Phi) is 9.32. The van der Waals surface area contributed by atoms with Crippen molar-refractivity contribution >= 4 is 5.97 Å². The molecule has 1 N–H and O–H groups in total. The molecule has 0 aliphatic heterocycles. The van der Waals surface area contributed by atoms with Crippen LogP contribution in [0.1, 0.15) is 44.2 Å². The number of aliphatic hydroxyl groups is 1. The van der Waals surface area contributed by atoms with Crippen molar-refractivity contribution in [3.8, 4) is 0 Å². The molecule has 0 aromatic heterocycles. The van der Waals surface area contributed by atoms with Crippen molar-refractivity contribution in [2.24, 2.45) is 5.41 Å². The van der Waals surface area contributed by atoms with E-state index in [0.717, 1.165) is 11.1 Å². The third kappa shape index (κ3) is 7.97. The molecule has 0 aliphatic carbocycles. The van der Waals surface area contributed by atoms with Gasteiger partial charge in [-0.2, -0.15) is 0 Å². The average molecular weight is 401 g/mol. The number of carbonyl (C=O) groups excluding carboxylic acids is 1. The molecule has 0 spiro atoms. The van der Waals surface area contributed by atoms with Gasteiger partial charge in [0.05, 0.1) is 31.3 Å². The Hall–Kier alpha value is -2.21. The molecular formula is C24H32O5. The van der Waals surface area contributed by atoms with Crippen molar-refractivity contribution in [1.82, 2.24) is 0 Å². The van der Waals surface area contributed by atoms with Gasteiger partial charge in [0.25, 0.3) is 0 Å². The number of esters is 1. The Balaban J connectivity index is 1.93. The zero-order valence-corrected chi connectivity index (χ0v) is 17.5. The van der Waals surface area contributed by atoms with Crippen LogP contribution in [0, 0.1) is 5.41 Å². The highest BCUT2D eigenvalue weighted by molar-refractivity contribution is 5.75. The molecule has 5 heteroatoms. The topological polar surface area (TPSA) is 65.0 Å². The number of aliphatic hydroxyl groups excluding tert-OH is 1. The molecule has 0 amide bonds. The molecule has 0 saturated carbocycles. The molecule has 0 unspecified atom stereocenters. The highest BCUT2D eigenvalue weighted by Crippen LogP contribution is 2.26. The van der Waals surface area contributed by atoms with E-state index in [1.807, 2.05) is 81.4 Å². The van der Waals surface area contributed by atoms with Crippen LogP contribution in [0.25, 0.3) is 0 Å². The lowest BCUT2D eigenvalue weighted by molar-refractivity contribution is -0.154. The molecule has 29 heavy (non-hydrogen) atoms. The van der Waals surface area contributed by atoms with Gasteiger partial charge in [0.2, 0.25) is 0 Å². The van der Waals surface area contributed by atoms with Crippen LogP contribution < -0.4 is 0 Å². The first-order chi connectivity index (χ1) is 13.9. The van der Waals surface area contributed by atoms with Crippen molar-refractivity contribution in [2.75, 3.05) is 20.0 Å². The molecule has 2 atom stereocenters. The lowest BCUT2D eigenvalue weighted by atomic mass is 9.90. The van der Waals surface area contributed by atoms with E-state index in [9.17, 15) is 9.90 Å². The first-order valence-corrected chi connectivity index (χ1v) is 9.98. The van der Waals surface area contributed by atoms with Gasteiger partial charge in [0.1, 0.15) is 6.79 Å². The van der Waals surface area contributed by atoms with E-state index >= 15 is 0 Å². The predicted molar refractivity (Wildman–Crippen MR) is 112 cm³/mol. The second kappa shape index (κ2) is 11.7. The molecule has 0 aliphatic rings. The van der Waals surface area contributed by atoms with E-state index in [2.05, 4.69) is 0 Å². The molecule has 2 rings (SSSR count). The predicted octanol–water partition coefficient (Wildman–Crippen LogP) is 4.30. The third-order valence-corrected chi connectivity index (χ3v) is 4.61. The first kappa shape index (κ1) is 23.1. The quantitative estimate of drug-likeness (QED) is 0.346. The fourth-order valence-electron chi connectivity index (χ4n) is 2.93. The van der Waals surface area contributed by atoms with Gasteiger partial charge in [0, 0.05) is 5.92 Å². The van der Waals surface area contributed by atoms with Gasteiger partial charge >= 0.3 is 5.97 Å². The van der Waals surface area contributed by atoms with Crippen molar-refractivity contribution in [3.05, 3.63) is 71.8 Å². The minimum atomic E-state index is -0.541. The maximum absolute atomic E-state index is 12.0. The minimum Gasteiger partial charge on any atom is -0.465 e. The van der Waals surface area contributed by atoms with Crippen LogP contribution >= 0.6 is 0 Å². The van der Waals surface area contributed by atoms with Gasteiger partial charge in [-0.1, -0.05) is 60.7 Å². The van der Waals surface area contributed by atoms with Crippen LogP contribution in [0.15, 0.2) is 60.7 Å². The molecule has 2 aromatic rings. The molecule has 158 valence electrons. The number of rotatable bonds is 11. The van der Waals surface area contributed by atoms with Crippen LogP contribution in [0.3, 0.4) is 0 Å². The van der Waals surface area contributed by atoms with Crippen LogP contribution in [0.2, 0.25) is 0 Å². The van der Waals surface area contributed by atoms with Crippen molar-refractivity contribution < 1.29 is 24.1 Å². The normalized spacial score (nSPS) is 13.7. The zero-order valence-electron chi connectivity index (χ0n) is 17.5. The highest BCUT2D eigenvalue weighted by Gasteiger charge is 2.26. The van der Waals surface area contributed by atoms with Crippen molar-refractivity contribution in [3.63, 3.8) is 0 Å². The summed E-state index contributed by atoms with van der Waals surface area (Å²) in [6, 6.07) is 19.7. The van der Waals surface area contributed by atoms with Crippen LogP contribution in [0.4, 0.5) is 0 Å². The molecular weight excluding hydrogens is 368 g/mol. The lowest BCUT2D eigenvalue weighted by Gasteiger charge is -2.27. The number of hydrogen-bond acceptors (Lipinski definition) is 5. The van der Waals surface area contributed by atoms with Crippen LogP contribution in [-0.2, 0) is 25.6 Å². The average Bonchev–Trinajstić information content (AvgIpc) is 2.72. The number of benzene rings is 2. The molecule has 5 nitrogen and oxygen atoms in total. The van der Waals surface area contributed by atoms with Crippen LogP contribution in [0.5, 0.6) is 0 Å². The fraction of sp³-hybridized carbons (Fsp3) is 0.458. The van der Waals surface area contributed by atoms with Gasteiger partial charge in [0.15, 0.2) is 0 Å². The number of ether oxygens (including phenoxy) is 3. The Labute approximate surface area is 173 Å². The van der Waals surface area contributed by atoms with E-state index in [4.69, 9.17) is 14.2 Å². The summed E-state index contributed by atoms with van der Waals surface area (Å²) in [5.41, 5.74) is 1.55. The van der Waals surface area contributed by atoms with Gasteiger partial charge in [-0.25, -0.2) is 0 Å². The summed E-state index contributed by atoms with van der Waals surface area (Å²) < 4.78 is 16.9. The van der Waals surface area contributed by atoms with E-state index in [1.165, 1.54) is 0 Å². The summed E-state index contributed by atoms with van der Waals surface area (Å²) in [6.07, 6.45) is 0.0944. The summed E-state index contributed by atoms with van der Waals surface area (Å²) in [6.45, 7) is 6.11. The van der Waals surface area contributed by atoms with Gasteiger partial charge in [-0.05, 0) is 38.3 Å². The largest absolute Gasteiger partial charge is 0.465 e. The molecule has 0 saturated heterocycles. The van der Waals surface area contributed by atoms with Gasteiger partial charge in [-0.15, -0.1) is 0 Å². The van der Waals surface area contributed by atoms with E-state index in [-0.39, 0.29) is 31.9 Å². The maximum Gasteiger partial charge on any atom is 0.311 e. The van der Waals surface area contributed by atoms with Crippen molar-refractivity contribution in [2.45, 2.75) is 45.8 Å². The van der Waals surface area contributed by atoms with Gasteiger partial charge in [-0.3, -0.25) is 4.79 Å². The summed E-state index contributed by atoms with van der Waals surface area (Å²) in [5.74, 6) is -0.355. The molecule has 0 radical (unpaired) electrons. The van der Waals surface area contributed by atoms with E-state index < -0.39 is 11.5 Å². The maximum atomic E-state index is 12.0. The monoisotopic (exact) mass is 400 g/mol. The molecule has 0 fully saturated rings. The smallest absolute Gasteiger partial charge is 0.311 e. The summed E-state index contributed by atoms with van der Waals surface area (Å²) >= 11 is 0. The van der Waals surface area contributed by atoms with E-state index in [1.54, 1.807) is 0 Å². The standard InChI is InChI=1S/C24H32O5/c1-24(2,3)23(26)28-15-14-21(20-12-8-5-9-13-20)22(16-25)29-18-27-17-19-10-6-4-7-11-19/h4-13,21-22,25H,14-18H2,1-3H3/t21-,22-/m1/s1. The lowest BCUT2D eigenvalue weighted by Crippen LogP contribution is -2.30. The SMILES string of the molecule is CC(C)(C)C(=O)OCC[C@H](c1ccccc1)[C@@H](CO)OCOCc1ccccc1. The first-order valence-electron chi connectivity index (χ1n) is 9.98. The molecule has 0 heterocycles. The fourth-order valence-corrected chi connectivity index (χ4v) is 2.93. The summed E-state index contributed by atoms with van der Waals surface area (Å²) in [7, 11) is 0. The Morgan fingerprint density at radius 2 is 1.62 bits per heavy atom. The van der Waals surface area contributed by atoms with Crippen LogP contribution in [-0.4, -0.2) is 37.2 Å². The highest BCUT2D eigenvalue weighted by atomic mass is 16.7. The second-order valence-corrected chi connectivity index (χ2v) is 8.03. The number of carbonyl (C=O) groups is 1. The summed E-state index contributed by atoms with van der Waals surface area (Å²) in [4.78, 5) is 12.0. The number of hydrogen-bond donors (Lipinski definition) is 1. The summed E-state index contributed by atoms with van der Waals surface area (Å²) in [5, 5.41) is 9.92. The van der Waals surface area contributed by atoms with Crippen molar-refractivity contribution in [1.29, 1.82) is 0 Å². The molecule has 2 aromatic carbocycles. The minimum absolute atomic E-state index is 0.0746. The Morgan fingerprint density at radius 3 is 2.21 bits per heavy atom. The second-order valence-electron chi connectivity index (χ2n) is 8.03. The zero-order chi connectivity index (χ0) is 21.1. The molecule has 0 bridgehead atoms. The van der Waals surface area contributed by atoms with E-state index in [0.29, 0.717) is 13.0 Å². The Bertz CT molecular complexity index is 709. The Morgan fingerprint density at radius 1 is 1.00 bits per heavy atom. The third-order valence-electron chi connectivity index (χ3n) is 4.61. The van der Waals surface area contributed by atoms with Gasteiger partial charge < -0.3 is 19.3 Å².